The van der Waals surface area contributed by atoms with Gasteiger partial charge in [-0.25, -0.2) is 4.39 Å². The number of benzene rings is 2. The number of Topliss-reactive ketones (excluding diaryl/α,β-unsaturated/α-hetero) is 1. The maximum Gasteiger partial charge on any atom is 0.313 e. The highest BCUT2D eigenvalue weighted by molar-refractivity contribution is 8.00. The van der Waals surface area contributed by atoms with Crippen molar-refractivity contribution in [2.24, 2.45) is 0 Å². The molecule has 0 amide bonds. The maximum absolute atomic E-state index is 13.7. The average molecular weight is 401 g/mol. The van der Waals surface area contributed by atoms with Crippen molar-refractivity contribution >= 4 is 29.6 Å². The Morgan fingerprint density at radius 1 is 1.11 bits per heavy atom. The van der Waals surface area contributed by atoms with E-state index in [4.69, 9.17) is 0 Å². The highest BCUT2D eigenvalue weighted by atomic mass is 32.2. The van der Waals surface area contributed by atoms with Crippen molar-refractivity contribution in [3.63, 3.8) is 0 Å². The highest BCUT2D eigenvalue weighted by Crippen LogP contribution is 2.30. The SMILES string of the molecule is COC(=O)CC(=O)CSCC=Cc1c(C)cc(C)cc1-c1ccc(F)c(C)c1. The van der Waals surface area contributed by atoms with Gasteiger partial charge < -0.3 is 4.74 Å². The van der Waals surface area contributed by atoms with E-state index in [0.29, 0.717) is 11.3 Å². The molecule has 3 nitrogen and oxygen atoms in total. The van der Waals surface area contributed by atoms with Gasteiger partial charge in [0.15, 0.2) is 5.78 Å². The van der Waals surface area contributed by atoms with Crippen LogP contribution in [-0.4, -0.2) is 30.4 Å². The van der Waals surface area contributed by atoms with Crippen molar-refractivity contribution in [3.05, 3.63) is 64.5 Å². The largest absolute Gasteiger partial charge is 0.469 e. The number of aryl methyl sites for hydroxylation is 3. The van der Waals surface area contributed by atoms with Crippen molar-refractivity contribution in [2.45, 2.75) is 27.2 Å². The standard InChI is InChI=1S/C23H25FO3S/c1-15-10-16(2)20(6-5-9-28-14-19(25)13-23(26)27-4)21(11-15)18-7-8-22(24)17(3)12-18/h5-8,10-12H,9,13-14H2,1-4H3. The summed E-state index contributed by atoms with van der Waals surface area (Å²) in [6, 6.07) is 9.38. The Morgan fingerprint density at radius 3 is 2.54 bits per heavy atom. The van der Waals surface area contributed by atoms with E-state index in [9.17, 15) is 14.0 Å². The summed E-state index contributed by atoms with van der Waals surface area (Å²) >= 11 is 1.45. The van der Waals surface area contributed by atoms with Gasteiger partial charge in [-0.15, -0.1) is 11.8 Å². The Hall–Kier alpha value is -2.40. The third-order valence-electron chi connectivity index (χ3n) is 4.33. The Kier molecular flexibility index (Phi) is 8.00. The van der Waals surface area contributed by atoms with E-state index in [1.807, 2.05) is 25.1 Å². The number of halogens is 1. The molecule has 2 aromatic carbocycles. The Balaban J connectivity index is 2.12. The second-order valence-electron chi connectivity index (χ2n) is 6.72. The molecule has 0 aromatic heterocycles. The van der Waals surface area contributed by atoms with E-state index >= 15 is 0 Å². The molecule has 0 heterocycles. The number of hydrogen-bond donors (Lipinski definition) is 0. The number of thioether (sulfide) groups is 1. The molecule has 0 saturated carbocycles. The van der Waals surface area contributed by atoms with Gasteiger partial charge in [0.2, 0.25) is 0 Å². The number of ether oxygens (including phenoxy) is 1. The molecule has 0 aliphatic carbocycles. The lowest BCUT2D eigenvalue weighted by Gasteiger charge is -2.13. The third kappa shape index (κ3) is 6.06. The molecule has 0 aliphatic heterocycles. The van der Waals surface area contributed by atoms with Crippen LogP contribution in [0.1, 0.15) is 28.7 Å². The van der Waals surface area contributed by atoms with E-state index in [1.165, 1.54) is 24.9 Å². The van der Waals surface area contributed by atoms with Crippen molar-refractivity contribution < 1.29 is 18.7 Å². The van der Waals surface area contributed by atoms with Crippen LogP contribution in [0.3, 0.4) is 0 Å². The van der Waals surface area contributed by atoms with Gasteiger partial charge in [-0.05, 0) is 60.7 Å². The summed E-state index contributed by atoms with van der Waals surface area (Å²) in [5, 5.41) is 0. The zero-order valence-corrected chi connectivity index (χ0v) is 17.5. The number of methoxy groups -OCH3 is 1. The van der Waals surface area contributed by atoms with Gasteiger partial charge in [0, 0.05) is 5.75 Å². The molecule has 0 fully saturated rings. The lowest BCUT2D eigenvalue weighted by atomic mass is 9.92. The molecular weight excluding hydrogens is 375 g/mol. The Labute approximate surface area is 170 Å². The van der Waals surface area contributed by atoms with Gasteiger partial charge in [-0.1, -0.05) is 35.9 Å². The molecule has 0 saturated heterocycles. The van der Waals surface area contributed by atoms with Crippen molar-refractivity contribution in [3.8, 4) is 11.1 Å². The number of carbonyl (C=O) groups excluding carboxylic acids is 2. The summed E-state index contributed by atoms with van der Waals surface area (Å²) in [7, 11) is 1.27. The number of carbonyl (C=O) groups is 2. The summed E-state index contributed by atoms with van der Waals surface area (Å²) in [6.45, 7) is 5.86. The van der Waals surface area contributed by atoms with Gasteiger partial charge in [-0.3, -0.25) is 9.59 Å². The maximum atomic E-state index is 13.7. The van der Waals surface area contributed by atoms with Crippen LogP contribution in [0.4, 0.5) is 4.39 Å². The zero-order valence-electron chi connectivity index (χ0n) is 16.7. The fourth-order valence-corrected chi connectivity index (χ4v) is 3.62. The Morgan fingerprint density at radius 2 is 1.86 bits per heavy atom. The average Bonchev–Trinajstić information content (AvgIpc) is 2.64. The number of esters is 1. The minimum absolute atomic E-state index is 0.140. The van der Waals surface area contributed by atoms with Gasteiger partial charge in [-0.2, -0.15) is 0 Å². The van der Waals surface area contributed by atoms with E-state index in [0.717, 1.165) is 27.8 Å². The number of rotatable bonds is 8. The molecular formula is C23H25FO3S. The first-order valence-electron chi connectivity index (χ1n) is 9.02. The fraction of sp³-hybridized carbons (Fsp3) is 0.304. The minimum atomic E-state index is -0.504. The van der Waals surface area contributed by atoms with Gasteiger partial charge in [0.1, 0.15) is 12.2 Å². The zero-order chi connectivity index (χ0) is 20.7. The molecule has 148 valence electrons. The number of hydrogen-bond acceptors (Lipinski definition) is 4. The van der Waals surface area contributed by atoms with E-state index < -0.39 is 5.97 Å². The quantitative estimate of drug-likeness (QED) is 0.343. The van der Waals surface area contributed by atoms with Crippen LogP contribution in [0.2, 0.25) is 0 Å². The molecule has 28 heavy (non-hydrogen) atoms. The van der Waals surface area contributed by atoms with Crippen molar-refractivity contribution in [1.82, 2.24) is 0 Å². The van der Waals surface area contributed by atoms with Crippen molar-refractivity contribution in [2.75, 3.05) is 18.6 Å². The van der Waals surface area contributed by atoms with Gasteiger partial charge >= 0.3 is 5.97 Å². The monoisotopic (exact) mass is 400 g/mol. The first-order chi connectivity index (χ1) is 13.3. The van der Waals surface area contributed by atoms with Crippen LogP contribution in [0.25, 0.3) is 17.2 Å². The molecule has 0 spiro atoms. The lowest BCUT2D eigenvalue weighted by molar-refractivity contribution is -0.142. The second kappa shape index (κ2) is 10.2. The molecule has 2 rings (SSSR count). The van der Waals surface area contributed by atoms with Gasteiger partial charge in [0.05, 0.1) is 12.9 Å². The minimum Gasteiger partial charge on any atom is -0.469 e. The molecule has 0 radical (unpaired) electrons. The van der Waals surface area contributed by atoms with Crippen LogP contribution in [-0.2, 0) is 14.3 Å². The second-order valence-corrected chi connectivity index (χ2v) is 7.75. The van der Waals surface area contributed by atoms with E-state index in [2.05, 4.69) is 23.8 Å². The molecule has 0 bridgehead atoms. The fourth-order valence-electron chi connectivity index (χ4n) is 2.94. The molecule has 0 atom stereocenters. The first-order valence-corrected chi connectivity index (χ1v) is 10.2. The molecule has 0 aliphatic rings. The predicted molar refractivity (Wildman–Crippen MR) is 114 cm³/mol. The van der Waals surface area contributed by atoms with Crippen LogP contribution in [0.15, 0.2) is 36.4 Å². The molecule has 0 unspecified atom stereocenters. The molecule has 2 aromatic rings. The predicted octanol–water partition coefficient (Wildman–Crippen LogP) is 5.30. The molecule has 5 heteroatoms. The smallest absolute Gasteiger partial charge is 0.313 e. The number of ketones is 1. The normalized spacial score (nSPS) is 11.0. The van der Waals surface area contributed by atoms with Crippen molar-refractivity contribution in [1.29, 1.82) is 0 Å². The van der Waals surface area contributed by atoms with Crippen LogP contribution in [0.5, 0.6) is 0 Å². The van der Waals surface area contributed by atoms with Crippen LogP contribution < -0.4 is 0 Å². The topological polar surface area (TPSA) is 43.4 Å². The highest BCUT2D eigenvalue weighted by Gasteiger charge is 2.10. The summed E-state index contributed by atoms with van der Waals surface area (Å²) < 4.78 is 18.1. The summed E-state index contributed by atoms with van der Waals surface area (Å²) in [5.41, 5.74) is 6.02. The summed E-state index contributed by atoms with van der Waals surface area (Å²) in [4.78, 5) is 22.7. The Bertz CT molecular complexity index is 903. The third-order valence-corrected chi connectivity index (χ3v) is 5.29. The van der Waals surface area contributed by atoms with Crippen LogP contribution >= 0.6 is 11.8 Å². The first kappa shape index (κ1) is 21.9. The van der Waals surface area contributed by atoms with Crippen LogP contribution in [0, 0.1) is 26.6 Å². The molecule has 0 N–H and O–H groups in total. The van der Waals surface area contributed by atoms with Gasteiger partial charge in [0.25, 0.3) is 0 Å². The van der Waals surface area contributed by atoms with E-state index in [1.54, 1.807) is 13.0 Å². The van der Waals surface area contributed by atoms with E-state index in [-0.39, 0.29) is 23.8 Å². The summed E-state index contributed by atoms with van der Waals surface area (Å²) in [6.07, 6.45) is 3.87. The lowest BCUT2D eigenvalue weighted by Crippen LogP contribution is -2.11. The summed E-state index contributed by atoms with van der Waals surface area (Å²) in [5.74, 6) is 0.0754.